The van der Waals surface area contributed by atoms with Crippen LogP contribution in [0.4, 0.5) is 19.0 Å². The number of halogens is 4. The molecular formula is C8H4F3IN2S. The monoisotopic (exact) mass is 344 g/mol. The Balaban J connectivity index is 3.17. The van der Waals surface area contributed by atoms with Crippen molar-refractivity contribution in [3.05, 3.63) is 23.4 Å². The van der Waals surface area contributed by atoms with Crippen molar-refractivity contribution in [2.45, 2.75) is 6.18 Å². The molecule has 1 heterocycles. The van der Waals surface area contributed by atoms with Gasteiger partial charge in [-0.3, -0.25) is 0 Å². The van der Waals surface area contributed by atoms with Gasteiger partial charge in [0.15, 0.2) is 0 Å². The van der Waals surface area contributed by atoms with Gasteiger partial charge in [0.1, 0.15) is 5.82 Å². The van der Waals surface area contributed by atoms with Crippen LogP contribution in [-0.2, 0) is 6.18 Å². The van der Waals surface area contributed by atoms with Crippen LogP contribution in [0.2, 0.25) is 0 Å². The minimum Gasteiger partial charge on any atom is -0.383 e. The summed E-state index contributed by atoms with van der Waals surface area (Å²) >= 11 is 1.91. The SMILES string of the molecule is Nc1ncc(C(F)(F)F)cc1C#CSI. The van der Waals surface area contributed by atoms with E-state index in [0.29, 0.717) is 6.20 Å². The largest absolute Gasteiger partial charge is 0.417 e. The molecule has 0 aliphatic carbocycles. The lowest BCUT2D eigenvalue weighted by atomic mass is 10.2. The van der Waals surface area contributed by atoms with Gasteiger partial charge < -0.3 is 5.73 Å². The van der Waals surface area contributed by atoms with Gasteiger partial charge in [-0.1, -0.05) is 5.92 Å². The molecule has 0 saturated heterocycles. The first-order chi connectivity index (χ1) is 6.95. The Bertz CT molecular complexity index is 422. The van der Waals surface area contributed by atoms with Crippen LogP contribution >= 0.6 is 30.1 Å². The molecule has 7 heteroatoms. The van der Waals surface area contributed by atoms with E-state index in [1.54, 1.807) is 0 Å². The van der Waals surface area contributed by atoms with Gasteiger partial charge in [0.25, 0.3) is 0 Å². The molecular weight excluding hydrogens is 340 g/mol. The lowest BCUT2D eigenvalue weighted by Crippen LogP contribution is -2.07. The molecule has 0 radical (unpaired) electrons. The fraction of sp³-hybridized carbons (Fsp3) is 0.125. The third kappa shape index (κ3) is 3.46. The van der Waals surface area contributed by atoms with E-state index in [1.807, 2.05) is 21.2 Å². The fourth-order valence-electron chi connectivity index (χ4n) is 0.805. The first-order valence-corrected chi connectivity index (χ1v) is 6.92. The molecule has 15 heavy (non-hydrogen) atoms. The maximum absolute atomic E-state index is 12.3. The molecule has 0 spiro atoms. The van der Waals surface area contributed by atoms with Crippen molar-refractivity contribution in [1.82, 2.24) is 4.98 Å². The molecule has 2 N–H and O–H groups in total. The quantitative estimate of drug-likeness (QED) is 0.581. The molecule has 0 unspecified atom stereocenters. The van der Waals surface area contributed by atoms with Crippen molar-refractivity contribution in [3.63, 3.8) is 0 Å². The van der Waals surface area contributed by atoms with E-state index in [9.17, 15) is 13.2 Å². The molecule has 80 valence electrons. The number of hydrogen-bond acceptors (Lipinski definition) is 3. The molecule has 0 aliphatic heterocycles. The zero-order valence-corrected chi connectivity index (χ0v) is 10.1. The van der Waals surface area contributed by atoms with Crippen LogP contribution in [0.3, 0.4) is 0 Å². The standard InChI is InChI=1S/C8H4F3IN2S/c9-8(10,11)6-3-5(1-2-15-12)7(13)14-4-6/h3-4H,(H2,13,14). The van der Waals surface area contributed by atoms with Gasteiger partial charge in [-0.15, -0.1) is 0 Å². The molecule has 0 amide bonds. The number of pyridine rings is 1. The lowest BCUT2D eigenvalue weighted by Gasteiger charge is -2.06. The molecule has 0 atom stereocenters. The predicted octanol–water partition coefficient (Wildman–Crippen LogP) is 3.07. The van der Waals surface area contributed by atoms with Gasteiger partial charge in [-0.05, 0) is 20.3 Å². The average Bonchev–Trinajstić information content (AvgIpc) is 2.15. The Morgan fingerprint density at radius 3 is 2.67 bits per heavy atom. The van der Waals surface area contributed by atoms with E-state index < -0.39 is 11.7 Å². The first kappa shape index (κ1) is 12.4. The van der Waals surface area contributed by atoms with Crippen molar-refractivity contribution in [2.75, 3.05) is 5.73 Å². The normalized spacial score (nSPS) is 10.7. The Kier molecular flexibility index (Phi) is 4.10. The number of aromatic nitrogens is 1. The van der Waals surface area contributed by atoms with E-state index in [1.165, 1.54) is 0 Å². The first-order valence-electron chi connectivity index (χ1n) is 3.56. The van der Waals surface area contributed by atoms with Gasteiger partial charge >= 0.3 is 6.18 Å². The third-order valence-electron chi connectivity index (χ3n) is 1.47. The Morgan fingerprint density at radius 2 is 2.13 bits per heavy atom. The summed E-state index contributed by atoms with van der Waals surface area (Å²) in [5, 5.41) is 2.55. The summed E-state index contributed by atoms with van der Waals surface area (Å²) < 4.78 is 36.9. The molecule has 0 aliphatic rings. The summed E-state index contributed by atoms with van der Waals surface area (Å²) in [6, 6.07) is 0.891. The van der Waals surface area contributed by atoms with E-state index in [0.717, 1.165) is 15.0 Å². The zero-order chi connectivity index (χ0) is 11.5. The number of nitrogen functional groups attached to an aromatic ring is 1. The highest BCUT2D eigenvalue weighted by atomic mass is 127. The highest BCUT2D eigenvalue weighted by Crippen LogP contribution is 2.29. The smallest absolute Gasteiger partial charge is 0.383 e. The maximum Gasteiger partial charge on any atom is 0.417 e. The summed E-state index contributed by atoms with van der Waals surface area (Å²) in [6.07, 6.45) is -3.73. The third-order valence-corrected chi connectivity index (χ3v) is 2.31. The van der Waals surface area contributed by atoms with Crippen molar-refractivity contribution >= 4 is 36.0 Å². The van der Waals surface area contributed by atoms with Crippen LogP contribution in [0.25, 0.3) is 0 Å². The molecule has 1 rings (SSSR count). The van der Waals surface area contributed by atoms with Crippen LogP contribution in [-0.4, -0.2) is 4.98 Å². The van der Waals surface area contributed by atoms with Crippen molar-refractivity contribution in [3.8, 4) is 11.2 Å². The predicted molar refractivity (Wildman–Crippen MR) is 62.1 cm³/mol. The van der Waals surface area contributed by atoms with E-state index >= 15 is 0 Å². The second-order valence-electron chi connectivity index (χ2n) is 2.46. The minimum absolute atomic E-state index is 0.000880. The van der Waals surface area contributed by atoms with E-state index in [4.69, 9.17) is 5.73 Å². The number of alkyl halides is 3. The molecule has 0 fully saturated rings. The second kappa shape index (κ2) is 4.94. The molecule has 2 nitrogen and oxygen atoms in total. The number of nitrogens with zero attached hydrogens (tertiary/aromatic N) is 1. The summed E-state index contributed by atoms with van der Waals surface area (Å²) in [5.41, 5.74) is 4.62. The van der Waals surface area contributed by atoms with Gasteiger partial charge in [-0.25, -0.2) is 4.98 Å². The van der Waals surface area contributed by atoms with Crippen molar-refractivity contribution < 1.29 is 13.2 Å². The molecule has 1 aromatic heterocycles. The summed E-state index contributed by atoms with van der Waals surface area (Å²) in [5.74, 6) is 2.49. The van der Waals surface area contributed by atoms with E-state index in [-0.39, 0.29) is 11.4 Å². The maximum atomic E-state index is 12.3. The summed E-state index contributed by atoms with van der Waals surface area (Å²) in [7, 11) is 1.16. The highest BCUT2D eigenvalue weighted by molar-refractivity contribution is 14.2. The number of anilines is 1. The van der Waals surface area contributed by atoms with Crippen LogP contribution in [0.1, 0.15) is 11.1 Å². The number of nitrogens with two attached hydrogens (primary N) is 1. The van der Waals surface area contributed by atoms with Crippen LogP contribution < -0.4 is 5.73 Å². The van der Waals surface area contributed by atoms with Crippen LogP contribution in [0.15, 0.2) is 12.3 Å². The minimum atomic E-state index is -4.42. The summed E-state index contributed by atoms with van der Waals surface area (Å²) in [4.78, 5) is 3.44. The van der Waals surface area contributed by atoms with Crippen molar-refractivity contribution in [2.24, 2.45) is 0 Å². The average molecular weight is 344 g/mol. The molecule has 0 saturated carbocycles. The van der Waals surface area contributed by atoms with Gasteiger partial charge in [-0.2, -0.15) is 13.2 Å². The summed E-state index contributed by atoms with van der Waals surface area (Å²) in [6.45, 7) is 0. The Hall–Kier alpha value is -0.620. The van der Waals surface area contributed by atoms with Gasteiger partial charge in [0.2, 0.25) is 0 Å². The second-order valence-corrected chi connectivity index (χ2v) is 4.14. The highest BCUT2D eigenvalue weighted by Gasteiger charge is 2.31. The van der Waals surface area contributed by atoms with Gasteiger partial charge in [0, 0.05) is 27.4 Å². The van der Waals surface area contributed by atoms with E-state index in [2.05, 4.69) is 16.2 Å². The van der Waals surface area contributed by atoms with Crippen LogP contribution in [0.5, 0.6) is 0 Å². The number of rotatable bonds is 0. The van der Waals surface area contributed by atoms with Gasteiger partial charge in [0.05, 0.1) is 11.1 Å². The van der Waals surface area contributed by atoms with Crippen LogP contribution in [0, 0.1) is 11.2 Å². The Morgan fingerprint density at radius 1 is 1.47 bits per heavy atom. The molecule has 0 aromatic carbocycles. The van der Waals surface area contributed by atoms with Crippen molar-refractivity contribution in [1.29, 1.82) is 0 Å². The lowest BCUT2D eigenvalue weighted by molar-refractivity contribution is -0.137. The molecule has 1 aromatic rings. The zero-order valence-electron chi connectivity index (χ0n) is 7.10. The Labute approximate surface area is 100 Å². The molecule has 0 bridgehead atoms. The fourth-order valence-corrected chi connectivity index (χ4v) is 1.28. The topological polar surface area (TPSA) is 38.9 Å². The number of hydrogen-bond donors (Lipinski definition) is 1.